The molecule has 0 saturated carbocycles. The Labute approximate surface area is 190 Å². The second-order valence-electron chi connectivity index (χ2n) is 8.60. The molecular weight excluding hydrogens is 400 g/mol. The number of hydrogen-bond donors (Lipinski definition) is 0. The Kier molecular flexibility index (Phi) is 6.38. The van der Waals surface area contributed by atoms with Crippen LogP contribution in [0.3, 0.4) is 0 Å². The fourth-order valence-corrected chi connectivity index (χ4v) is 4.50. The van der Waals surface area contributed by atoms with Gasteiger partial charge in [-0.25, -0.2) is 0 Å². The fraction of sp³-hybridized carbons (Fsp3) is 0.370. The van der Waals surface area contributed by atoms with Gasteiger partial charge in [-0.2, -0.15) is 0 Å². The minimum Gasteiger partial charge on any atom is -0.496 e. The lowest BCUT2D eigenvalue weighted by atomic mass is 9.96. The number of aryl methyl sites for hydroxylation is 2. The molecule has 1 aliphatic heterocycles. The number of allylic oxidation sites excluding steroid dienone is 1. The van der Waals surface area contributed by atoms with E-state index in [-0.39, 0.29) is 5.91 Å². The first-order valence-electron chi connectivity index (χ1n) is 11.3. The molecule has 1 saturated heterocycles. The highest BCUT2D eigenvalue weighted by Gasteiger charge is 2.20. The summed E-state index contributed by atoms with van der Waals surface area (Å²) >= 11 is 0. The number of furan rings is 1. The fourth-order valence-electron chi connectivity index (χ4n) is 4.50. The van der Waals surface area contributed by atoms with Gasteiger partial charge >= 0.3 is 0 Å². The summed E-state index contributed by atoms with van der Waals surface area (Å²) in [5.41, 5.74) is 7.22. The number of fused-ring (bicyclic) bond motifs is 1. The largest absolute Gasteiger partial charge is 0.496 e. The van der Waals surface area contributed by atoms with Gasteiger partial charge in [-0.15, -0.1) is 0 Å². The summed E-state index contributed by atoms with van der Waals surface area (Å²) in [7, 11) is 1.65. The number of likely N-dealkylation sites (N-methyl/N-ethyl adjacent to an activating group) is 1. The SMILES string of the molecule is CCN1CCN(C(=O)/C=C(\C)c2cc3c(-c4ccc(C)cc4C)coc3cc2OC)CC1. The Bertz CT molecular complexity index is 1170. The van der Waals surface area contributed by atoms with E-state index in [2.05, 4.69) is 49.9 Å². The van der Waals surface area contributed by atoms with Crippen molar-refractivity contribution < 1.29 is 13.9 Å². The molecule has 4 rings (SSSR count). The predicted octanol–water partition coefficient (Wildman–Crippen LogP) is 5.29. The van der Waals surface area contributed by atoms with Gasteiger partial charge in [-0.05, 0) is 50.1 Å². The Morgan fingerprint density at radius 3 is 2.50 bits per heavy atom. The van der Waals surface area contributed by atoms with Crippen LogP contribution in [0.25, 0.3) is 27.7 Å². The van der Waals surface area contributed by atoms with Gasteiger partial charge in [0.1, 0.15) is 11.3 Å². The van der Waals surface area contributed by atoms with Crippen molar-refractivity contribution in [2.24, 2.45) is 0 Å². The summed E-state index contributed by atoms with van der Waals surface area (Å²) in [6.07, 6.45) is 3.55. The molecule has 1 amide bonds. The molecule has 32 heavy (non-hydrogen) atoms. The van der Waals surface area contributed by atoms with E-state index < -0.39 is 0 Å². The summed E-state index contributed by atoms with van der Waals surface area (Å²) in [5, 5.41) is 1.02. The molecule has 5 heteroatoms. The normalized spacial score (nSPS) is 15.4. The van der Waals surface area contributed by atoms with Gasteiger partial charge < -0.3 is 19.0 Å². The van der Waals surface area contributed by atoms with Crippen LogP contribution in [0.5, 0.6) is 5.75 Å². The zero-order valence-electron chi connectivity index (χ0n) is 19.7. The highest BCUT2D eigenvalue weighted by atomic mass is 16.5. The quantitative estimate of drug-likeness (QED) is 0.514. The first kappa shape index (κ1) is 22.2. The van der Waals surface area contributed by atoms with E-state index in [0.717, 1.165) is 66.0 Å². The van der Waals surface area contributed by atoms with Crippen molar-refractivity contribution in [3.8, 4) is 16.9 Å². The average molecular weight is 433 g/mol. The lowest BCUT2D eigenvalue weighted by Crippen LogP contribution is -2.48. The van der Waals surface area contributed by atoms with E-state index in [1.165, 1.54) is 11.1 Å². The van der Waals surface area contributed by atoms with Crippen molar-refractivity contribution in [1.29, 1.82) is 0 Å². The van der Waals surface area contributed by atoms with E-state index >= 15 is 0 Å². The number of nitrogens with zero attached hydrogens (tertiary/aromatic N) is 2. The summed E-state index contributed by atoms with van der Waals surface area (Å²) in [4.78, 5) is 17.2. The summed E-state index contributed by atoms with van der Waals surface area (Å²) in [6, 6.07) is 10.4. The summed E-state index contributed by atoms with van der Waals surface area (Å²) < 4.78 is 11.5. The van der Waals surface area contributed by atoms with Crippen LogP contribution in [0, 0.1) is 13.8 Å². The first-order chi connectivity index (χ1) is 15.4. The van der Waals surface area contributed by atoms with E-state index in [1.54, 1.807) is 13.2 Å². The molecule has 2 heterocycles. The predicted molar refractivity (Wildman–Crippen MR) is 130 cm³/mol. The van der Waals surface area contributed by atoms with Crippen molar-refractivity contribution >= 4 is 22.4 Å². The lowest BCUT2D eigenvalue weighted by molar-refractivity contribution is -0.127. The van der Waals surface area contributed by atoms with E-state index in [1.807, 2.05) is 24.2 Å². The third-order valence-corrected chi connectivity index (χ3v) is 6.46. The number of ether oxygens (including phenoxy) is 1. The summed E-state index contributed by atoms with van der Waals surface area (Å²) in [6.45, 7) is 12.8. The number of methoxy groups -OCH3 is 1. The maximum Gasteiger partial charge on any atom is 0.246 e. The third-order valence-electron chi connectivity index (χ3n) is 6.46. The van der Waals surface area contributed by atoms with E-state index in [4.69, 9.17) is 9.15 Å². The second-order valence-corrected chi connectivity index (χ2v) is 8.60. The highest BCUT2D eigenvalue weighted by Crippen LogP contribution is 2.38. The Hall–Kier alpha value is -3.05. The van der Waals surface area contributed by atoms with Crippen molar-refractivity contribution in [3.05, 3.63) is 59.4 Å². The molecule has 5 nitrogen and oxygen atoms in total. The van der Waals surface area contributed by atoms with Gasteiger partial charge in [0.05, 0.1) is 13.4 Å². The Morgan fingerprint density at radius 1 is 1.09 bits per heavy atom. The average Bonchev–Trinajstić information content (AvgIpc) is 3.20. The molecule has 0 atom stereocenters. The van der Waals surface area contributed by atoms with Crippen LogP contribution in [0.2, 0.25) is 0 Å². The van der Waals surface area contributed by atoms with Gasteiger partial charge in [0.15, 0.2) is 0 Å². The molecule has 1 aliphatic rings. The van der Waals surface area contributed by atoms with Crippen molar-refractivity contribution in [3.63, 3.8) is 0 Å². The minimum absolute atomic E-state index is 0.0576. The van der Waals surface area contributed by atoms with E-state index in [9.17, 15) is 4.79 Å². The lowest BCUT2D eigenvalue weighted by Gasteiger charge is -2.33. The number of carbonyl (C=O) groups excluding carboxylic acids is 1. The van der Waals surface area contributed by atoms with Gasteiger partial charge in [0.25, 0.3) is 0 Å². The van der Waals surface area contributed by atoms with Crippen LogP contribution in [0.1, 0.15) is 30.5 Å². The molecule has 0 spiro atoms. The molecule has 0 bridgehead atoms. The minimum atomic E-state index is 0.0576. The molecule has 168 valence electrons. The molecule has 2 aromatic carbocycles. The van der Waals surface area contributed by atoms with Crippen molar-refractivity contribution in [2.75, 3.05) is 39.8 Å². The molecule has 0 radical (unpaired) electrons. The number of benzene rings is 2. The molecule has 1 fully saturated rings. The van der Waals surface area contributed by atoms with Crippen LogP contribution in [0.4, 0.5) is 0 Å². The van der Waals surface area contributed by atoms with Crippen molar-refractivity contribution in [2.45, 2.75) is 27.7 Å². The van der Waals surface area contributed by atoms with Crippen LogP contribution in [-0.4, -0.2) is 55.5 Å². The van der Waals surface area contributed by atoms with Gasteiger partial charge in [0.2, 0.25) is 5.91 Å². The van der Waals surface area contributed by atoms with Gasteiger partial charge in [-0.1, -0.05) is 30.7 Å². The number of amides is 1. The topological polar surface area (TPSA) is 45.9 Å². The molecule has 0 aliphatic carbocycles. The zero-order chi connectivity index (χ0) is 22.8. The maximum absolute atomic E-state index is 12.9. The Morgan fingerprint density at radius 2 is 1.84 bits per heavy atom. The summed E-state index contributed by atoms with van der Waals surface area (Å²) in [5.74, 6) is 0.763. The van der Waals surface area contributed by atoms with Gasteiger partial charge in [-0.3, -0.25) is 4.79 Å². The van der Waals surface area contributed by atoms with Gasteiger partial charge in [0, 0.05) is 54.8 Å². The first-order valence-corrected chi connectivity index (χ1v) is 11.3. The molecule has 1 aromatic heterocycles. The molecule has 3 aromatic rings. The van der Waals surface area contributed by atoms with Crippen LogP contribution in [-0.2, 0) is 4.79 Å². The highest BCUT2D eigenvalue weighted by molar-refractivity contribution is 6.00. The van der Waals surface area contributed by atoms with Crippen LogP contribution >= 0.6 is 0 Å². The van der Waals surface area contributed by atoms with Crippen molar-refractivity contribution in [1.82, 2.24) is 9.80 Å². The monoisotopic (exact) mass is 432 g/mol. The molecular formula is C27H32N2O3. The smallest absolute Gasteiger partial charge is 0.246 e. The number of carbonyl (C=O) groups is 1. The van der Waals surface area contributed by atoms with Crippen LogP contribution < -0.4 is 4.74 Å². The Balaban J connectivity index is 1.70. The standard InChI is InChI=1S/C27H32N2O3/c1-6-28-9-11-29(12-10-28)27(30)14-20(4)22-15-23-24(17-32-26(23)16-25(22)31-5)21-8-7-18(2)13-19(21)3/h7-8,13-17H,6,9-12H2,1-5H3/b20-14+. The third kappa shape index (κ3) is 4.30. The van der Waals surface area contributed by atoms with Crippen LogP contribution in [0.15, 0.2) is 47.1 Å². The molecule has 0 unspecified atom stereocenters. The maximum atomic E-state index is 12.9. The number of piperazine rings is 1. The number of rotatable bonds is 5. The molecule has 0 N–H and O–H groups in total. The zero-order valence-corrected chi connectivity index (χ0v) is 19.7. The number of hydrogen-bond acceptors (Lipinski definition) is 4. The second kappa shape index (κ2) is 9.21. The van der Waals surface area contributed by atoms with E-state index in [0.29, 0.717) is 5.75 Å².